The predicted molar refractivity (Wildman–Crippen MR) is 64.5 cm³/mol. The summed E-state index contributed by atoms with van der Waals surface area (Å²) in [6, 6.07) is 7.14. The molecular weight excluding hydrogens is 240 g/mol. The lowest BCUT2D eigenvalue weighted by atomic mass is 10.0. The summed E-state index contributed by atoms with van der Waals surface area (Å²) in [6.07, 6.45) is 4.06. The third-order valence-electron chi connectivity index (χ3n) is 2.69. The fraction of sp³-hybridized carbons (Fsp3) is 0.500. The van der Waals surface area contributed by atoms with E-state index in [-0.39, 0.29) is 6.10 Å². The fourth-order valence-corrected chi connectivity index (χ4v) is 2.45. The van der Waals surface area contributed by atoms with Gasteiger partial charge in [0.05, 0.1) is 12.4 Å². The lowest BCUT2D eigenvalue weighted by Gasteiger charge is -2.24. The Morgan fingerprint density at radius 2 is 2.06 bits per heavy atom. The smallest absolute Gasteiger partial charge is 0.306 e. The van der Waals surface area contributed by atoms with E-state index in [4.69, 9.17) is 8.92 Å². The second-order valence-electron chi connectivity index (χ2n) is 4.18. The topological polar surface area (TPSA) is 52.6 Å². The number of rotatable bonds is 3. The van der Waals surface area contributed by atoms with Crippen LogP contribution >= 0.6 is 0 Å². The van der Waals surface area contributed by atoms with Crippen LogP contribution in [0.1, 0.15) is 30.9 Å². The molecule has 1 heterocycles. The Morgan fingerprint density at radius 1 is 1.29 bits per heavy atom. The fourth-order valence-electron chi connectivity index (χ4n) is 1.97. The minimum atomic E-state index is -3.49. The highest BCUT2D eigenvalue weighted by Crippen LogP contribution is 2.34. The number of para-hydroxylation sites is 1. The molecule has 1 aliphatic heterocycles. The molecule has 0 aromatic heterocycles. The Morgan fingerprint density at radius 3 is 2.71 bits per heavy atom. The van der Waals surface area contributed by atoms with E-state index < -0.39 is 10.1 Å². The van der Waals surface area contributed by atoms with Crippen LogP contribution in [0.4, 0.5) is 0 Å². The summed E-state index contributed by atoms with van der Waals surface area (Å²) in [4.78, 5) is 0. The second-order valence-corrected chi connectivity index (χ2v) is 5.76. The molecule has 1 aromatic carbocycles. The molecule has 4 nitrogen and oxygen atoms in total. The van der Waals surface area contributed by atoms with E-state index in [2.05, 4.69) is 0 Å². The third-order valence-corrected chi connectivity index (χ3v) is 3.17. The van der Waals surface area contributed by atoms with Gasteiger partial charge in [-0.15, -0.1) is 0 Å². The zero-order valence-electron chi connectivity index (χ0n) is 9.76. The molecule has 5 heteroatoms. The summed E-state index contributed by atoms with van der Waals surface area (Å²) in [5.74, 6) is 0.377. The lowest BCUT2D eigenvalue weighted by Crippen LogP contribution is -2.14. The maximum absolute atomic E-state index is 11.2. The van der Waals surface area contributed by atoms with Crippen LogP contribution in [-0.2, 0) is 14.9 Å². The molecule has 0 saturated carbocycles. The predicted octanol–water partition coefficient (Wildman–Crippen LogP) is 2.27. The minimum Gasteiger partial charge on any atom is -0.382 e. The van der Waals surface area contributed by atoms with E-state index in [0.29, 0.717) is 5.75 Å². The first kappa shape index (κ1) is 12.4. The molecule has 17 heavy (non-hydrogen) atoms. The Balaban J connectivity index is 2.26. The molecule has 1 aromatic rings. The van der Waals surface area contributed by atoms with Gasteiger partial charge in [-0.1, -0.05) is 18.2 Å². The molecule has 1 saturated heterocycles. The van der Waals surface area contributed by atoms with Crippen molar-refractivity contribution in [3.8, 4) is 5.75 Å². The summed E-state index contributed by atoms with van der Waals surface area (Å²) in [5.41, 5.74) is 0.817. The van der Waals surface area contributed by atoms with E-state index >= 15 is 0 Å². The zero-order chi connectivity index (χ0) is 12.3. The Bertz CT molecular complexity index is 475. The van der Waals surface area contributed by atoms with Gasteiger partial charge in [-0.05, 0) is 25.3 Å². The normalized spacial score (nSPS) is 21.1. The van der Waals surface area contributed by atoms with Crippen LogP contribution in [0.15, 0.2) is 24.3 Å². The van der Waals surface area contributed by atoms with Gasteiger partial charge in [0.15, 0.2) is 0 Å². The van der Waals surface area contributed by atoms with Gasteiger partial charge in [-0.3, -0.25) is 0 Å². The van der Waals surface area contributed by atoms with Crippen molar-refractivity contribution in [1.29, 1.82) is 0 Å². The highest BCUT2D eigenvalue weighted by Gasteiger charge is 2.21. The molecule has 0 N–H and O–H groups in total. The van der Waals surface area contributed by atoms with Crippen LogP contribution < -0.4 is 4.18 Å². The third kappa shape index (κ3) is 3.44. The van der Waals surface area contributed by atoms with Crippen LogP contribution in [0.3, 0.4) is 0 Å². The van der Waals surface area contributed by atoms with Gasteiger partial charge in [0, 0.05) is 12.2 Å². The Labute approximate surface area is 102 Å². The van der Waals surface area contributed by atoms with E-state index in [1.165, 1.54) is 0 Å². The summed E-state index contributed by atoms with van der Waals surface area (Å²) in [7, 11) is -3.49. The van der Waals surface area contributed by atoms with E-state index in [1.54, 1.807) is 12.1 Å². The van der Waals surface area contributed by atoms with Gasteiger partial charge in [0.25, 0.3) is 0 Å². The number of hydrogen-bond donors (Lipinski definition) is 0. The molecular formula is C12H16O4S. The summed E-state index contributed by atoms with van der Waals surface area (Å²) < 4.78 is 33.0. The van der Waals surface area contributed by atoms with Crippen molar-refractivity contribution in [2.75, 3.05) is 12.9 Å². The Hall–Kier alpha value is -1.07. The number of hydrogen-bond acceptors (Lipinski definition) is 4. The van der Waals surface area contributed by atoms with Crippen LogP contribution in [0, 0.1) is 0 Å². The molecule has 1 atom stereocenters. The second kappa shape index (κ2) is 5.06. The maximum Gasteiger partial charge on any atom is 0.306 e. The first-order chi connectivity index (χ1) is 8.06. The van der Waals surface area contributed by atoms with E-state index in [9.17, 15) is 8.42 Å². The molecule has 1 fully saturated rings. The van der Waals surface area contributed by atoms with E-state index in [1.807, 2.05) is 12.1 Å². The van der Waals surface area contributed by atoms with E-state index in [0.717, 1.165) is 37.7 Å². The number of ether oxygens (including phenoxy) is 1. The molecule has 0 spiro atoms. The van der Waals surface area contributed by atoms with Crippen LogP contribution in [0.25, 0.3) is 0 Å². The molecule has 0 amide bonds. The summed E-state index contributed by atoms with van der Waals surface area (Å²) in [6.45, 7) is 0.720. The Kier molecular flexibility index (Phi) is 3.69. The molecule has 0 aliphatic carbocycles. The van der Waals surface area contributed by atoms with Gasteiger partial charge >= 0.3 is 10.1 Å². The lowest BCUT2D eigenvalue weighted by molar-refractivity contribution is 0.0141. The first-order valence-electron chi connectivity index (χ1n) is 5.66. The zero-order valence-corrected chi connectivity index (χ0v) is 10.6. The molecule has 1 unspecified atom stereocenters. The molecule has 94 valence electrons. The van der Waals surface area contributed by atoms with Gasteiger partial charge in [0.2, 0.25) is 0 Å². The van der Waals surface area contributed by atoms with Crippen molar-refractivity contribution in [1.82, 2.24) is 0 Å². The van der Waals surface area contributed by atoms with Gasteiger partial charge in [0.1, 0.15) is 5.75 Å². The van der Waals surface area contributed by atoms with Crippen molar-refractivity contribution in [3.05, 3.63) is 29.8 Å². The molecule has 2 rings (SSSR count). The maximum atomic E-state index is 11.2. The highest BCUT2D eigenvalue weighted by atomic mass is 32.2. The van der Waals surface area contributed by atoms with Gasteiger partial charge in [-0.2, -0.15) is 8.42 Å². The standard InChI is InChI=1S/C12H16O4S/c1-17(13,14)16-12-8-3-2-6-10(12)11-7-4-5-9-15-11/h2-3,6,8,11H,4-5,7,9H2,1H3. The minimum absolute atomic E-state index is 0.0540. The van der Waals surface area contributed by atoms with Gasteiger partial charge in [-0.25, -0.2) is 0 Å². The van der Waals surface area contributed by atoms with Gasteiger partial charge < -0.3 is 8.92 Å². The van der Waals surface area contributed by atoms with Crippen molar-refractivity contribution < 1.29 is 17.3 Å². The van der Waals surface area contributed by atoms with Crippen molar-refractivity contribution in [3.63, 3.8) is 0 Å². The van der Waals surface area contributed by atoms with Crippen molar-refractivity contribution in [2.24, 2.45) is 0 Å². The monoisotopic (exact) mass is 256 g/mol. The molecule has 0 bridgehead atoms. The average Bonchev–Trinajstić information content (AvgIpc) is 2.29. The SMILES string of the molecule is CS(=O)(=O)Oc1ccccc1C1CCCCO1. The molecule has 0 radical (unpaired) electrons. The van der Waals surface area contributed by atoms with Crippen LogP contribution in [-0.4, -0.2) is 21.3 Å². The quantitative estimate of drug-likeness (QED) is 0.778. The highest BCUT2D eigenvalue weighted by molar-refractivity contribution is 7.86. The number of benzene rings is 1. The van der Waals surface area contributed by atoms with Crippen LogP contribution in [0.5, 0.6) is 5.75 Å². The van der Waals surface area contributed by atoms with Crippen molar-refractivity contribution >= 4 is 10.1 Å². The first-order valence-corrected chi connectivity index (χ1v) is 7.48. The largest absolute Gasteiger partial charge is 0.382 e. The van der Waals surface area contributed by atoms with Crippen molar-refractivity contribution in [2.45, 2.75) is 25.4 Å². The van der Waals surface area contributed by atoms with Crippen LogP contribution in [0.2, 0.25) is 0 Å². The summed E-state index contributed by atoms with van der Waals surface area (Å²) >= 11 is 0. The molecule has 1 aliphatic rings. The summed E-state index contributed by atoms with van der Waals surface area (Å²) in [5, 5.41) is 0. The average molecular weight is 256 g/mol.